The Hall–Kier alpha value is -0.500. The number of carbonyl (C=O) groups excluding carboxylic acids is 2. The summed E-state index contributed by atoms with van der Waals surface area (Å²) in [7, 11) is 0. The zero-order valence-electron chi connectivity index (χ0n) is 8.92. The third-order valence-corrected chi connectivity index (χ3v) is 2.65. The van der Waals surface area contributed by atoms with Gasteiger partial charge in [0.05, 0.1) is 19.6 Å². The number of rotatable bonds is 7. The summed E-state index contributed by atoms with van der Waals surface area (Å²) in [6, 6.07) is -0.616. The van der Waals surface area contributed by atoms with Crippen LogP contribution < -0.4 is 3.53 Å². The topological polar surface area (TPSA) is 64.6 Å². The lowest BCUT2D eigenvalue weighted by Gasteiger charge is -2.13. The highest BCUT2D eigenvalue weighted by atomic mass is 127. The molecule has 0 aromatic rings. The highest BCUT2D eigenvalue weighted by Gasteiger charge is 2.22. The molecule has 0 rings (SSSR count). The standard InChI is InChI=1S/C9H16INO4/c1-4-14-8(12)6-7(11-10-3)9(13)15-5-2/h7,11H,3-6H2,1-2H3. The second kappa shape index (κ2) is 8.78. The molecule has 0 bridgehead atoms. The number of halogens is 1. The van der Waals surface area contributed by atoms with Crippen molar-refractivity contribution in [1.29, 1.82) is 0 Å². The van der Waals surface area contributed by atoms with Crippen molar-refractivity contribution < 1.29 is 19.1 Å². The number of carbonyl (C=O) groups is 2. The molecule has 0 aliphatic carbocycles. The van der Waals surface area contributed by atoms with E-state index in [2.05, 4.69) is 8.04 Å². The maximum absolute atomic E-state index is 11.4. The van der Waals surface area contributed by atoms with Gasteiger partial charge >= 0.3 is 11.9 Å². The maximum Gasteiger partial charge on any atom is 0.324 e. The van der Waals surface area contributed by atoms with Crippen molar-refractivity contribution >= 4 is 37.5 Å². The maximum atomic E-state index is 11.4. The molecule has 0 aliphatic heterocycles. The van der Waals surface area contributed by atoms with E-state index in [9.17, 15) is 9.59 Å². The van der Waals surface area contributed by atoms with E-state index in [-0.39, 0.29) is 6.42 Å². The van der Waals surface area contributed by atoms with Gasteiger partial charge in [-0.3, -0.25) is 13.1 Å². The lowest BCUT2D eigenvalue weighted by molar-refractivity contribution is -0.151. The van der Waals surface area contributed by atoms with Gasteiger partial charge in [-0.15, -0.1) is 0 Å². The molecule has 0 aromatic carbocycles. The fourth-order valence-corrected chi connectivity index (χ4v) is 1.90. The molecule has 15 heavy (non-hydrogen) atoms. The van der Waals surface area contributed by atoms with Gasteiger partial charge in [-0.2, -0.15) is 0 Å². The van der Waals surface area contributed by atoms with Gasteiger partial charge in [0.1, 0.15) is 6.04 Å². The molecule has 6 heteroatoms. The molecule has 1 atom stereocenters. The van der Waals surface area contributed by atoms with Gasteiger partial charge in [0, 0.05) is 0 Å². The van der Waals surface area contributed by atoms with Gasteiger partial charge < -0.3 is 9.47 Å². The molecule has 0 saturated heterocycles. The van der Waals surface area contributed by atoms with Crippen molar-refractivity contribution in [1.82, 2.24) is 3.53 Å². The molecule has 1 N–H and O–H groups in total. The molecule has 0 aromatic heterocycles. The number of nitrogens with one attached hydrogen (secondary N) is 1. The molecular weight excluding hydrogens is 313 g/mol. The summed E-state index contributed by atoms with van der Waals surface area (Å²) in [5.41, 5.74) is 0. The molecule has 0 spiro atoms. The summed E-state index contributed by atoms with van der Waals surface area (Å²) in [6.07, 6.45) is 0.00190. The molecule has 1 unspecified atom stereocenters. The average Bonchev–Trinajstić information content (AvgIpc) is 2.18. The van der Waals surface area contributed by atoms with Crippen LogP contribution in [0.25, 0.3) is 0 Å². The minimum atomic E-state index is -0.616. The van der Waals surface area contributed by atoms with Crippen molar-refractivity contribution in [3.8, 4) is 0 Å². The van der Waals surface area contributed by atoms with Gasteiger partial charge in [-0.1, -0.05) is 4.51 Å². The summed E-state index contributed by atoms with van der Waals surface area (Å²) >= 11 is -0.528. The number of ether oxygens (including phenoxy) is 2. The van der Waals surface area contributed by atoms with Crippen LogP contribution in [-0.4, -0.2) is 35.7 Å². The van der Waals surface area contributed by atoms with Crippen molar-refractivity contribution in [3.05, 3.63) is 0 Å². The average molecular weight is 329 g/mol. The van der Waals surface area contributed by atoms with Crippen molar-refractivity contribution in [2.45, 2.75) is 26.3 Å². The van der Waals surface area contributed by atoms with E-state index in [0.29, 0.717) is 13.2 Å². The first kappa shape index (κ1) is 14.5. The minimum Gasteiger partial charge on any atom is -0.466 e. The first-order chi connectivity index (χ1) is 7.15. The Morgan fingerprint density at radius 3 is 2.40 bits per heavy atom. The normalized spacial score (nSPS) is 11.9. The summed E-state index contributed by atoms with van der Waals surface area (Å²) in [6.45, 7) is 4.06. The van der Waals surface area contributed by atoms with Crippen LogP contribution in [0.1, 0.15) is 20.3 Å². The van der Waals surface area contributed by atoms with E-state index < -0.39 is 39.0 Å². The largest absolute Gasteiger partial charge is 0.466 e. The number of esters is 2. The van der Waals surface area contributed by atoms with Crippen LogP contribution in [0.3, 0.4) is 0 Å². The molecule has 0 radical (unpaired) electrons. The van der Waals surface area contributed by atoms with Crippen LogP contribution in [0.2, 0.25) is 0 Å². The fourth-order valence-electron chi connectivity index (χ4n) is 0.889. The Morgan fingerprint density at radius 1 is 1.33 bits per heavy atom. The van der Waals surface area contributed by atoms with E-state index in [1.165, 1.54) is 0 Å². The van der Waals surface area contributed by atoms with E-state index >= 15 is 0 Å². The third kappa shape index (κ3) is 6.56. The molecule has 88 valence electrons. The van der Waals surface area contributed by atoms with Gasteiger partial charge in [0.15, 0.2) is 0 Å². The van der Waals surface area contributed by atoms with Crippen molar-refractivity contribution in [2.75, 3.05) is 13.2 Å². The summed E-state index contributed by atoms with van der Waals surface area (Å²) in [5, 5.41) is 0. The van der Waals surface area contributed by atoms with Gasteiger partial charge in [0.25, 0.3) is 0 Å². The van der Waals surface area contributed by atoms with Crippen LogP contribution >= 0.6 is 21.0 Å². The Balaban J connectivity index is 4.19. The zero-order chi connectivity index (χ0) is 11.7. The first-order valence-corrected chi connectivity index (χ1v) is 7.21. The predicted molar refractivity (Wildman–Crippen MR) is 65.9 cm³/mol. The van der Waals surface area contributed by atoms with Crippen LogP contribution in [0.5, 0.6) is 0 Å². The highest BCUT2D eigenvalue weighted by Crippen LogP contribution is 2.02. The third-order valence-electron chi connectivity index (χ3n) is 1.46. The van der Waals surface area contributed by atoms with Gasteiger partial charge in [0.2, 0.25) is 0 Å². The fraction of sp³-hybridized carbons (Fsp3) is 0.667. The summed E-state index contributed by atoms with van der Waals surface area (Å²) in [5.74, 6) is -0.825. The Labute approximate surface area is 99.6 Å². The summed E-state index contributed by atoms with van der Waals surface area (Å²) < 4.78 is 16.1. The van der Waals surface area contributed by atoms with E-state index in [1.54, 1.807) is 13.8 Å². The number of hydrogen-bond donors (Lipinski definition) is 1. The molecule has 0 amide bonds. The summed E-state index contributed by atoms with van der Waals surface area (Å²) in [4.78, 5) is 22.5. The van der Waals surface area contributed by atoms with E-state index in [0.717, 1.165) is 0 Å². The number of hydrogen-bond acceptors (Lipinski definition) is 5. The first-order valence-electron chi connectivity index (χ1n) is 4.60. The Morgan fingerprint density at radius 2 is 1.93 bits per heavy atom. The lowest BCUT2D eigenvalue weighted by Crippen LogP contribution is -2.35. The smallest absolute Gasteiger partial charge is 0.324 e. The van der Waals surface area contributed by atoms with Crippen LogP contribution in [0.4, 0.5) is 0 Å². The van der Waals surface area contributed by atoms with Crippen LogP contribution in [0, 0.1) is 0 Å². The van der Waals surface area contributed by atoms with Gasteiger partial charge in [-0.25, -0.2) is 0 Å². The molecule has 0 fully saturated rings. The SMILES string of the molecule is C=INC(CC(=O)OCC)C(=O)OCC. The molecule has 5 nitrogen and oxygen atoms in total. The Bertz CT molecular complexity index is 232. The lowest BCUT2D eigenvalue weighted by atomic mass is 10.2. The quantitative estimate of drug-likeness (QED) is 0.425. The molecule has 0 saturated carbocycles. The molecular formula is C9H16INO4. The second-order valence-electron chi connectivity index (χ2n) is 2.56. The zero-order valence-corrected chi connectivity index (χ0v) is 11.1. The highest BCUT2D eigenvalue weighted by molar-refractivity contribution is 14.2. The van der Waals surface area contributed by atoms with Crippen molar-refractivity contribution in [3.63, 3.8) is 0 Å². The van der Waals surface area contributed by atoms with E-state index in [1.807, 2.05) is 0 Å². The van der Waals surface area contributed by atoms with Crippen LogP contribution in [-0.2, 0) is 19.1 Å². The molecule has 0 heterocycles. The van der Waals surface area contributed by atoms with E-state index in [4.69, 9.17) is 9.47 Å². The minimum absolute atomic E-state index is 0.00190. The van der Waals surface area contributed by atoms with Crippen molar-refractivity contribution in [2.24, 2.45) is 0 Å². The van der Waals surface area contributed by atoms with Crippen LogP contribution in [0.15, 0.2) is 0 Å². The monoisotopic (exact) mass is 329 g/mol. The second-order valence-corrected chi connectivity index (χ2v) is 3.94. The molecule has 0 aliphatic rings. The predicted octanol–water partition coefficient (Wildman–Crippen LogP) is 0.779. The Kier molecular flexibility index (Phi) is 8.49. The van der Waals surface area contributed by atoms with Gasteiger partial charge in [-0.05, 0) is 34.9 Å².